The fraction of sp³-hybridized carbons (Fsp3) is 0.381. The number of carbonyl (C=O) groups is 1. The molecule has 0 aliphatic carbocycles. The average molecular weight is 435 g/mol. The molecule has 1 aliphatic rings. The summed E-state index contributed by atoms with van der Waals surface area (Å²) < 4.78 is 42.6. The second kappa shape index (κ2) is 9.46. The third-order valence-corrected chi connectivity index (χ3v) is 6.84. The largest absolute Gasteiger partial charge is 0.493 e. The van der Waals surface area contributed by atoms with E-state index in [2.05, 4.69) is 0 Å². The highest BCUT2D eigenvalue weighted by Gasteiger charge is 2.26. The molecule has 0 atom stereocenters. The van der Waals surface area contributed by atoms with Crippen molar-refractivity contribution in [2.75, 3.05) is 47.6 Å². The molecular weight excluding hydrogens is 408 g/mol. The van der Waals surface area contributed by atoms with Crippen LogP contribution in [0.3, 0.4) is 0 Å². The highest BCUT2D eigenvalue weighted by atomic mass is 32.2. The van der Waals surface area contributed by atoms with Gasteiger partial charge in [0, 0.05) is 32.2 Å². The Bertz CT molecular complexity index is 985. The van der Waals surface area contributed by atoms with Crippen molar-refractivity contribution in [1.29, 1.82) is 0 Å². The first-order chi connectivity index (χ1) is 14.4. The molecule has 0 spiro atoms. The number of carbonyl (C=O) groups excluding carboxylic acids is 1. The third-order valence-electron chi connectivity index (χ3n) is 4.92. The second-order valence-corrected chi connectivity index (χ2v) is 8.83. The third kappa shape index (κ3) is 4.75. The number of nitrogens with zero attached hydrogens (tertiary/aromatic N) is 2. The topological polar surface area (TPSA) is 85.4 Å². The number of ether oxygens (including phenoxy) is 3. The molecule has 0 aromatic heterocycles. The monoisotopic (exact) mass is 434 g/mol. The SMILES string of the molecule is COc1ccc(CN(C)C(=O)c2ccc(S(=O)(=O)N3CCOCC3)cc2)cc1OC. The molecule has 1 heterocycles. The van der Waals surface area contributed by atoms with Crippen molar-refractivity contribution in [3.05, 3.63) is 53.6 Å². The lowest BCUT2D eigenvalue weighted by atomic mass is 10.1. The maximum atomic E-state index is 12.8. The Morgan fingerprint density at radius 3 is 2.27 bits per heavy atom. The second-order valence-electron chi connectivity index (χ2n) is 6.89. The minimum Gasteiger partial charge on any atom is -0.493 e. The number of hydrogen-bond acceptors (Lipinski definition) is 6. The zero-order valence-electron chi connectivity index (χ0n) is 17.3. The molecule has 30 heavy (non-hydrogen) atoms. The molecule has 8 nitrogen and oxygen atoms in total. The van der Waals surface area contributed by atoms with Gasteiger partial charge in [-0.2, -0.15) is 4.31 Å². The molecule has 0 N–H and O–H groups in total. The van der Waals surface area contributed by atoms with Crippen LogP contribution in [0.1, 0.15) is 15.9 Å². The number of benzene rings is 2. The summed E-state index contributed by atoms with van der Waals surface area (Å²) in [4.78, 5) is 14.5. The van der Waals surface area contributed by atoms with Crippen LogP contribution in [0.5, 0.6) is 11.5 Å². The average Bonchev–Trinajstić information content (AvgIpc) is 2.79. The Balaban J connectivity index is 1.71. The smallest absolute Gasteiger partial charge is 0.253 e. The predicted octanol–water partition coefficient (Wildman–Crippen LogP) is 2.00. The molecule has 1 aliphatic heterocycles. The molecule has 162 valence electrons. The summed E-state index contributed by atoms with van der Waals surface area (Å²) in [7, 11) is 1.23. The van der Waals surface area contributed by atoms with Crippen molar-refractivity contribution < 1.29 is 27.4 Å². The number of methoxy groups -OCH3 is 2. The summed E-state index contributed by atoms with van der Waals surface area (Å²) in [6, 6.07) is 11.5. The van der Waals surface area contributed by atoms with E-state index in [9.17, 15) is 13.2 Å². The number of hydrogen-bond donors (Lipinski definition) is 0. The van der Waals surface area contributed by atoms with E-state index >= 15 is 0 Å². The maximum Gasteiger partial charge on any atom is 0.253 e. The van der Waals surface area contributed by atoms with Crippen LogP contribution in [0.15, 0.2) is 47.4 Å². The number of morpholine rings is 1. The fourth-order valence-corrected chi connectivity index (χ4v) is 4.66. The van der Waals surface area contributed by atoms with Gasteiger partial charge in [-0.1, -0.05) is 6.07 Å². The molecule has 0 saturated carbocycles. The maximum absolute atomic E-state index is 12.8. The van der Waals surface area contributed by atoms with Gasteiger partial charge in [-0.15, -0.1) is 0 Å². The molecule has 2 aromatic carbocycles. The molecule has 3 rings (SSSR count). The summed E-state index contributed by atoms with van der Waals surface area (Å²) in [5, 5.41) is 0. The van der Waals surface area contributed by atoms with Crippen LogP contribution in [0.4, 0.5) is 0 Å². The molecule has 1 fully saturated rings. The van der Waals surface area contributed by atoms with E-state index in [1.54, 1.807) is 44.4 Å². The van der Waals surface area contributed by atoms with Gasteiger partial charge in [0.15, 0.2) is 11.5 Å². The van der Waals surface area contributed by atoms with Gasteiger partial charge < -0.3 is 19.1 Å². The molecule has 9 heteroatoms. The lowest BCUT2D eigenvalue weighted by Crippen LogP contribution is -2.40. The summed E-state index contributed by atoms with van der Waals surface area (Å²) >= 11 is 0. The zero-order valence-corrected chi connectivity index (χ0v) is 18.1. The Kier molecular flexibility index (Phi) is 6.96. The van der Waals surface area contributed by atoms with Crippen LogP contribution in [0, 0.1) is 0 Å². The van der Waals surface area contributed by atoms with E-state index < -0.39 is 10.0 Å². The van der Waals surface area contributed by atoms with Crippen LogP contribution in [0.25, 0.3) is 0 Å². The molecule has 0 bridgehead atoms. The Labute approximate surface area is 177 Å². The van der Waals surface area contributed by atoms with E-state index in [1.165, 1.54) is 16.4 Å². The summed E-state index contributed by atoms with van der Waals surface area (Å²) in [6.45, 7) is 1.80. The van der Waals surface area contributed by atoms with Crippen LogP contribution in [-0.2, 0) is 21.3 Å². The van der Waals surface area contributed by atoms with Gasteiger partial charge in [-0.05, 0) is 42.0 Å². The van der Waals surface area contributed by atoms with E-state index in [4.69, 9.17) is 14.2 Å². The van der Waals surface area contributed by atoms with Gasteiger partial charge in [0.05, 0.1) is 32.3 Å². The zero-order chi connectivity index (χ0) is 21.7. The Morgan fingerprint density at radius 1 is 1.03 bits per heavy atom. The van der Waals surface area contributed by atoms with Crippen molar-refractivity contribution in [1.82, 2.24) is 9.21 Å². The first kappa shape index (κ1) is 22.1. The summed E-state index contributed by atoms with van der Waals surface area (Å²) in [5.74, 6) is 1.00. The normalized spacial score (nSPS) is 14.9. The summed E-state index contributed by atoms with van der Waals surface area (Å²) in [5.41, 5.74) is 1.30. The van der Waals surface area contributed by atoms with Gasteiger partial charge >= 0.3 is 0 Å². The first-order valence-electron chi connectivity index (χ1n) is 9.51. The van der Waals surface area contributed by atoms with Crippen LogP contribution >= 0.6 is 0 Å². The predicted molar refractivity (Wildman–Crippen MR) is 111 cm³/mol. The highest BCUT2D eigenvalue weighted by molar-refractivity contribution is 7.89. The number of sulfonamides is 1. The first-order valence-corrected chi connectivity index (χ1v) is 10.9. The van der Waals surface area contributed by atoms with Crippen molar-refractivity contribution >= 4 is 15.9 Å². The van der Waals surface area contributed by atoms with Gasteiger partial charge in [0.2, 0.25) is 10.0 Å². The minimum absolute atomic E-state index is 0.170. The Hall–Kier alpha value is -2.62. The van der Waals surface area contributed by atoms with Crippen LogP contribution in [-0.4, -0.2) is 71.1 Å². The molecule has 0 unspecified atom stereocenters. The lowest BCUT2D eigenvalue weighted by Gasteiger charge is -2.26. The molecule has 1 saturated heterocycles. The lowest BCUT2D eigenvalue weighted by molar-refractivity contribution is 0.0730. The van der Waals surface area contributed by atoms with E-state index in [0.717, 1.165) is 5.56 Å². The van der Waals surface area contributed by atoms with Gasteiger partial charge in [-0.3, -0.25) is 4.79 Å². The van der Waals surface area contributed by atoms with Crippen LogP contribution in [0.2, 0.25) is 0 Å². The molecule has 2 aromatic rings. The highest BCUT2D eigenvalue weighted by Crippen LogP contribution is 2.28. The number of rotatable bonds is 7. The molecule has 0 radical (unpaired) electrons. The van der Waals surface area contributed by atoms with Gasteiger partial charge in [0.25, 0.3) is 5.91 Å². The van der Waals surface area contributed by atoms with Gasteiger partial charge in [0.1, 0.15) is 0 Å². The van der Waals surface area contributed by atoms with Crippen molar-refractivity contribution in [2.45, 2.75) is 11.4 Å². The summed E-state index contributed by atoms with van der Waals surface area (Å²) in [6.07, 6.45) is 0. The molecule has 1 amide bonds. The van der Waals surface area contributed by atoms with Crippen molar-refractivity contribution in [2.24, 2.45) is 0 Å². The standard InChI is InChI=1S/C21H26N2O6S/c1-22(15-16-4-9-19(27-2)20(14-16)28-3)21(24)17-5-7-18(8-6-17)30(25,26)23-10-12-29-13-11-23/h4-9,14H,10-13,15H2,1-3H3. The van der Waals surface area contributed by atoms with Crippen LogP contribution < -0.4 is 9.47 Å². The Morgan fingerprint density at radius 2 is 1.67 bits per heavy atom. The van der Waals surface area contributed by atoms with E-state index in [1.807, 2.05) is 12.1 Å². The quantitative estimate of drug-likeness (QED) is 0.663. The number of amides is 1. The van der Waals surface area contributed by atoms with E-state index in [0.29, 0.717) is 49.9 Å². The van der Waals surface area contributed by atoms with E-state index in [-0.39, 0.29) is 10.8 Å². The fourth-order valence-electron chi connectivity index (χ4n) is 3.25. The minimum atomic E-state index is -3.58. The van der Waals surface area contributed by atoms with Crippen molar-refractivity contribution in [3.63, 3.8) is 0 Å². The molecular formula is C21H26N2O6S. The van der Waals surface area contributed by atoms with Gasteiger partial charge in [-0.25, -0.2) is 8.42 Å². The van der Waals surface area contributed by atoms with Crippen molar-refractivity contribution in [3.8, 4) is 11.5 Å².